The van der Waals surface area contributed by atoms with E-state index in [1.807, 2.05) is 0 Å². The predicted molar refractivity (Wildman–Crippen MR) is 109 cm³/mol. The van der Waals surface area contributed by atoms with E-state index in [0.717, 1.165) is 12.1 Å². The van der Waals surface area contributed by atoms with E-state index in [0.29, 0.717) is 26.0 Å². The number of aliphatic hydroxyl groups excluding tert-OH is 3. The van der Waals surface area contributed by atoms with Crippen molar-refractivity contribution in [1.82, 2.24) is 9.80 Å². The number of β-amino-alcohol motifs (C(OH)–C–C–N with tert-alkyl or cyclic N) is 1. The first-order chi connectivity index (χ1) is 14.8. The molecular weight excluding hydrogens is 411 g/mol. The second-order valence-electron chi connectivity index (χ2n) is 7.48. The highest BCUT2D eigenvalue weighted by Gasteiger charge is 2.29. The third-order valence-electron chi connectivity index (χ3n) is 5.09. The molecule has 1 fully saturated rings. The highest BCUT2D eigenvalue weighted by atomic mass is 19.1. The van der Waals surface area contributed by atoms with Crippen molar-refractivity contribution in [2.75, 3.05) is 53.1 Å². The van der Waals surface area contributed by atoms with Crippen LogP contribution in [-0.2, 0) is 14.3 Å². The van der Waals surface area contributed by atoms with E-state index in [4.69, 9.17) is 9.47 Å². The number of halogens is 1. The standard InChI is InChI=1S/C21H31FN2O7/c1-30-14-19(27)23-8-2-3-11-31-13-18(26)20(28)17(25)12-24(10-9-23)21(29)15-4-6-16(22)7-5-15/h4-7,17-18,20,25-26,28H,2-3,8-14H2,1H3/t17-,18+,20+/m0/s1. The van der Waals surface area contributed by atoms with Gasteiger partial charge in [-0.15, -0.1) is 0 Å². The second-order valence-corrected chi connectivity index (χ2v) is 7.48. The van der Waals surface area contributed by atoms with Crippen molar-refractivity contribution < 1.29 is 38.8 Å². The largest absolute Gasteiger partial charge is 0.388 e. The number of benzene rings is 1. The van der Waals surface area contributed by atoms with Crippen LogP contribution in [0.3, 0.4) is 0 Å². The highest BCUT2D eigenvalue weighted by Crippen LogP contribution is 2.12. The molecule has 0 unspecified atom stereocenters. The Labute approximate surface area is 181 Å². The number of hydrogen-bond donors (Lipinski definition) is 3. The molecule has 3 atom stereocenters. The lowest BCUT2D eigenvalue weighted by Gasteiger charge is -2.32. The highest BCUT2D eigenvalue weighted by molar-refractivity contribution is 5.94. The van der Waals surface area contributed by atoms with E-state index in [1.165, 1.54) is 24.1 Å². The van der Waals surface area contributed by atoms with E-state index >= 15 is 0 Å². The van der Waals surface area contributed by atoms with Gasteiger partial charge in [0.25, 0.3) is 5.91 Å². The van der Waals surface area contributed by atoms with Gasteiger partial charge in [0, 0.05) is 45.5 Å². The summed E-state index contributed by atoms with van der Waals surface area (Å²) in [5.74, 6) is -1.23. The van der Waals surface area contributed by atoms with Gasteiger partial charge in [-0.1, -0.05) is 0 Å². The average molecular weight is 442 g/mol. The van der Waals surface area contributed by atoms with Gasteiger partial charge in [-0.25, -0.2) is 4.39 Å². The molecule has 1 heterocycles. The predicted octanol–water partition coefficient (Wildman–Crippen LogP) is -0.364. The minimum Gasteiger partial charge on any atom is -0.388 e. The maximum atomic E-state index is 13.2. The Hall–Kier alpha value is -2.11. The minimum absolute atomic E-state index is 0.0715. The van der Waals surface area contributed by atoms with Crippen LogP contribution >= 0.6 is 0 Å². The maximum Gasteiger partial charge on any atom is 0.254 e. The van der Waals surface area contributed by atoms with Crippen molar-refractivity contribution in [2.45, 2.75) is 31.2 Å². The topological polar surface area (TPSA) is 120 Å². The second kappa shape index (κ2) is 12.7. The van der Waals surface area contributed by atoms with E-state index < -0.39 is 30.0 Å². The van der Waals surface area contributed by atoms with Crippen LogP contribution in [0.25, 0.3) is 0 Å². The summed E-state index contributed by atoms with van der Waals surface area (Å²) in [6.45, 7) is 0.454. The number of aliphatic hydroxyl groups is 3. The number of nitrogens with zero attached hydrogens (tertiary/aromatic N) is 2. The Kier molecular flexibility index (Phi) is 10.3. The first-order valence-corrected chi connectivity index (χ1v) is 10.3. The van der Waals surface area contributed by atoms with Crippen LogP contribution in [0, 0.1) is 5.82 Å². The van der Waals surface area contributed by atoms with Crippen LogP contribution in [-0.4, -0.2) is 108 Å². The number of amides is 2. The van der Waals surface area contributed by atoms with Gasteiger partial charge in [0.1, 0.15) is 30.7 Å². The van der Waals surface area contributed by atoms with Crippen molar-refractivity contribution >= 4 is 11.8 Å². The minimum atomic E-state index is -1.53. The van der Waals surface area contributed by atoms with Crippen molar-refractivity contribution in [1.29, 1.82) is 0 Å². The van der Waals surface area contributed by atoms with Gasteiger partial charge in [0.05, 0.1) is 6.61 Å². The molecule has 31 heavy (non-hydrogen) atoms. The zero-order chi connectivity index (χ0) is 22.8. The summed E-state index contributed by atoms with van der Waals surface area (Å²) in [6.07, 6.45) is -3.03. The fraction of sp³-hybridized carbons (Fsp3) is 0.619. The van der Waals surface area contributed by atoms with Gasteiger partial charge in [-0.3, -0.25) is 9.59 Å². The molecule has 0 aliphatic carbocycles. The monoisotopic (exact) mass is 442 g/mol. The fourth-order valence-electron chi connectivity index (χ4n) is 3.27. The number of hydrogen-bond acceptors (Lipinski definition) is 7. The van der Waals surface area contributed by atoms with Crippen molar-refractivity contribution in [2.24, 2.45) is 0 Å². The average Bonchev–Trinajstić information content (AvgIpc) is 2.75. The summed E-state index contributed by atoms with van der Waals surface area (Å²) in [5.41, 5.74) is 0.197. The van der Waals surface area contributed by atoms with E-state index in [2.05, 4.69) is 0 Å². The van der Waals surface area contributed by atoms with Gasteiger partial charge >= 0.3 is 0 Å². The van der Waals surface area contributed by atoms with Crippen LogP contribution in [0.5, 0.6) is 0 Å². The molecule has 1 aromatic rings. The van der Waals surface area contributed by atoms with Gasteiger partial charge in [0.15, 0.2) is 0 Å². The quantitative estimate of drug-likeness (QED) is 0.585. The summed E-state index contributed by atoms with van der Waals surface area (Å²) in [6, 6.07) is 4.95. The van der Waals surface area contributed by atoms with Crippen molar-refractivity contribution in [3.05, 3.63) is 35.6 Å². The van der Waals surface area contributed by atoms with Crippen LogP contribution in [0.2, 0.25) is 0 Å². The zero-order valence-electron chi connectivity index (χ0n) is 17.7. The molecule has 1 aliphatic heterocycles. The molecular formula is C21H31FN2O7. The van der Waals surface area contributed by atoms with Crippen molar-refractivity contribution in [3.63, 3.8) is 0 Å². The maximum absolute atomic E-state index is 13.2. The van der Waals surface area contributed by atoms with E-state index in [1.54, 1.807) is 4.90 Å². The summed E-state index contributed by atoms with van der Waals surface area (Å²) in [7, 11) is 1.42. The fourth-order valence-corrected chi connectivity index (χ4v) is 3.27. The first-order valence-electron chi connectivity index (χ1n) is 10.3. The Morgan fingerprint density at radius 2 is 1.74 bits per heavy atom. The molecule has 9 nitrogen and oxygen atoms in total. The smallest absolute Gasteiger partial charge is 0.254 e. The third kappa shape index (κ3) is 7.82. The molecule has 3 N–H and O–H groups in total. The molecule has 0 aromatic heterocycles. The Balaban J connectivity index is 2.22. The van der Waals surface area contributed by atoms with Gasteiger partial charge in [-0.05, 0) is 37.1 Å². The van der Waals surface area contributed by atoms with Gasteiger partial charge in [0.2, 0.25) is 5.91 Å². The lowest BCUT2D eigenvalue weighted by Crippen LogP contribution is -2.50. The van der Waals surface area contributed by atoms with E-state index in [9.17, 15) is 29.3 Å². The zero-order valence-corrected chi connectivity index (χ0v) is 17.7. The van der Waals surface area contributed by atoms with Gasteiger partial charge < -0.3 is 34.6 Å². The van der Waals surface area contributed by atoms with E-state index in [-0.39, 0.29) is 44.3 Å². The first kappa shape index (κ1) is 25.2. The Morgan fingerprint density at radius 1 is 1.06 bits per heavy atom. The van der Waals surface area contributed by atoms with Crippen LogP contribution in [0.1, 0.15) is 23.2 Å². The summed E-state index contributed by atoms with van der Waals surface area (Å²) in [4.78, 5) is 28.2. The molecule has 0 radical (unpaired) electrons. The summed E-state index contributed by atoms with van der Waals surface area (Å²) < 4.78 is 23.5. The van der Waals surface area contributed by atoms with Crippen LogP contribution < -0.4 is 0 Å². The van der Waals surface area contributed by atoms with Gasteiger partial charge in [-0.2, -0.15) is 0 Å². The lowest BCUT2D eigenvalue weighted by molar-refractivity contribution is -0.135. The summed E-state index contributed by atoms with van der Waals surface area (Å²) >= 11 is 0. The number of methoxy groups -OCH3 is 1. The van der Waals surface area contributed by atoms with Crippen LogP contribution in [0.15, 0.2) is 24.3 Å². The molecule has 2 amide bonds. The Morgan fingerprint density at radius 3 is 2.42 bits per heavy atom. The molecule has 2 rings (SSSR count). The lowest BCUT2D eigenvalue weighted by atomic mass is 10.1. The normalized spacial score (nSPS) is 24.5. The number of carbonyl (C=O) groups excluding carboxylic acids is 2. The molecule has 1 aromatic carbocycles. The number of rotatable bonds is 3. The molecule has 0 bridgehead atoms. The third-order valence-corrected chi connectivity index (χ3v) is 5.09. The van der Waals surface area contributed by atoms with Crippen LogP contribution in [0.4, 0.5) is 4.39 Å². The molecule has 1 saturated heterocycles. The number of ether oxygens (including phenoxy) is 2. The van der Waals surface area contributed by atoms with Crippen molar-refractivity contribution in [3.8, 4) is 0 Å². The molecule has 0 saturated carbocycles. The SMILES string of the molecule is COCC(=O)N1CCCCOC[C@@H](O)[C@H](O)[C@@H](O)CN(C(=O)c2ccc(F)cc2)CC1. The Bertz CT molecular complexity index is 703. The number of carbonyl (C=O) groups is 2. The molecule has 1 aliphatic rings. The molecule has 0 spiro atoms. The molecule has 10 heteroatoms. The summed E-state index contributed by atoms with van der Waals surface area (Å²) in [5, 5.41) is 30.7. The molecule has 174 valence electrons.